The predicted octanol–water partition coefficient (Wildman–Crippen LogP) is 0.244. The number of hydrogen-bond donors (Lipinski definition) is 4. The smallest absolute Gasteiger partial charge is 0.326 e. The zero-order valence-corrected chi connectivity index (χ0v) is 10.1. The molecule has 0 aliphatic heterocycles. The average molecular weight is 274 g/mol. The number of halogens is 1. The molecule has 5 N–H and O–H groups in total. The Labute approximate surface area is 103 Å². The molecule has 1 rings (SSSR count). The number of hydrogen-bond acceptors (Lipinski definition) is 4. The van der Waals surface area contributed by atoms with Gasteiger partial charge in [0.05, 0.1) is 10.6 Å². The second kappa shape index (κ2) is 5.00. The van der Waals surface area contributed by atoms with E-state index in [9.17, 15) is 17.6 Å². The van der Waals surface area contributed by atoms with E-state index in [0.717, 1.165) is 18.4 Å². The molecular weight excluding hydrogens is 263 g/mol. The first-order chi connectivity index (χ1) is 8.21. The molecule has 98 valence electrons. The van der Waals surface area contributed by atoms with Gasteiger partial charge in [0.2, 0.25) is 0 Å². The van der Waals surface area contributed by atoms with Crippen LogP contribution in [0.15, 0.2) is 23.1 Å². The third-order valence-corrected chi connectivity index (χ3v) is 3.00. The molecule has 1 aromatic carbocycles. The van der Waals surface area contributed by atoms with Gasteiger partial charge < -0.3 is 11.1 Å². The number of anilines is 1. The second-order valence-corrected chi connectivity index (χ2v) is 5.36. The molecule has 0 fully saturated rings. The first-order valence-corrected chi connectivity index (χ1v) is 6.51. The molecule has 0 saturated heterocycles. The number of carbonyl (C=O) groups excluding carboxylic acids is 1. The van der Waals surface area contributed by atoms with Crippen LogP contribution in [0.3, 0.4) is 0 Å². The van der Waals surface area contributed by atoms with E-state index < -0.39 is 33.3 Å². The van der Waals surface area contributed by atoms with Crippen LogP contribution in [-0.2, 0) is 9.84 Å². The van der Waals surface area contributed by atoms with Gasteiger partial charge in [-0.25, -0.2) is 17.6 Å². The Balaban J connectivity index is 3.16. The van der Waals surface area contributed by atoms with Crippen LogP contribution >= 0.6 is 0 Å². The molecule has 0 atom stereocenters. The maximum absolute atomic E-state index is 13.5. The fourth-order valence-corrected chi connectivity index (χ4v) is 2.05. The maximum atomic E-state index is 13.5. The average Bonchev–Trinajstić information content (AvgIpc) is 2.18. The van der Waals surface area contributed by atoms with Crippen molar-refractivity contribution in [1.82, 2.24) is 5.32 Å². The van der Waals surface area contributed by atoms with E-state index in [1.165, 1.54) is 6.07 Å². The van der Waals surface area contributed by atoms with Gasteiger partial charge in [-0.2, -0.15) is 0 Å². The van der Waals surface area contributed by atoms with Gasteiger partial charge in [-0.3, -0.25) is 10.7 Å². The molecule has 0 aliphatic rings. The van der Waals surface area contributed by atoms with Gasteiger partial charge in [0.25, 0.3) is 0 Å². The van der Waals surface area contributed by atoms with Crippen LogP contribution in [-0.4, -0.2) is 26.7 Å². The summed E-state index contributed by atoms with van der Waals surface area (Å²) in [4.78, 5) is 10.9. The molecule has 1 aromatic rings. The van der Waals surface area contributed by atoms with Crippen molar-refractivity contribution >= 4 is 27.5 Å². The molecule has 2 amide bonds. The highest BCUT2D eigenvalue weighted by Gasteiger charge is 2.18. The van der Waals surface area contributed by atoms with Crippen molar-refractivity contribution in [1.29, 1.82) is 5.41 Å². The minimum Gasteiger partial charge on any atom is -0.370 e. The minimum atomic E-state index is -3.70. The van der Waals surface area contributed by atoms with E-state index in [2.05, 4.69) is 0 Å². The number of nitrogens with one attached hydrogen (secondary N) is 3. The summed E-state index contributed by atoms with van der Waals surface area (Å²) in [7, 11) is -3.70. The third-order valence-electron chi connectivity index (χ3n) is 1.86. The summed E-state index contributed by atoms with van der Waals surface area (Å²) in [6.07, 6.45) is 0.885. The van der Waals surface area contributed by atoms with Gasteiger partial charge in [-0.1, -0.05) is 6.07 Å². The van der Waals surface area contributed by atoms with Crippen LogP contribution in [0.25, 0.3) is 0 Å². The largest absolute Gasteiger partial charge is 0.370 e. The molecule has 0 unspecified atom stereocenters. The van der Waals surface area contributed by atoms with Crippen molar-refractivity contribution < 1.29 is 17.6 Å². The van der Waals surface area contributed by atoms with Crippen LogP contribution in [0.5, 0.6) is 0 Å². The first kappa shape index (κ1) is 13.9. The molecule has 0 spiro atoms. The molecule has 0 radical (unpaired) electrons. The molecule has 7 nitrogen and oxygen atoms in total. The van der Waals surface area contributed by atoms with Gasteiger partial charge in [0, 0.05) is 6.26 Å². The molecule has 0 aliphatic carbocycles. The lowest BCUT2D eigenvalue weighted by atomic mass is 10.3. The third kappa shape index (κ3) is 3.42. The van der Waals surface area contributed by atoms with Crippen molar-refractivity contribution in [3.63, 3.8) is 0 Å². The zero-order chi connectivity index (χ0) is 13.9. The van der Waals surface area contributed by atoms with Crippen molar-refractivity contribution in [3.05, 3.63) is 24.0 Å². The van der Waals surface area contributed by atoms with Gasteiger partial charge in [-0.15, -0.1) is 0 Å². The quantitative estimate of drug-likeness (QED) is 0.455. The van der Waals surface area contributed by atoms with E-state index in [-0.39, 0.29) is 4.90 Å². The summed E-state index contributed by atoms with van der Waals surface area (Å²) in [6, 6.07) is 2.36. The fourth-order valence-electron chi connectivity index (χ4n) is 1.20. The molecule has 0 aromatic heterocycles. The van der Waals surface area contributed by atoms with Crippen LogP contribution in [0.4, 0.5) is 14.9 Å². The predicted molar refractivity (Wildman–Crippen MR) is 63.6 cm³/mol. The highest BCUT2D eigenvalue weighted by Crippen LogP contribution is 2.24. The van der Waals surface area contributed by atoms with Crippen molar-refractivity contribution in [2.45, 2.75) is 4.90 Å². The number of nitrogens with two attached hydrogens (primary N) is 1. The van der Waals surface area contributed by atoms with Crippen LogP contribution in [0.1, 0.15) is 0 Å². The van der Waals surface area contributed by atoms with E-state index in [4.69, 9.17) is 11.1 Å². The van der Waals surface area contributed by atoms with Crippen molar-refractivity contribution in [2.24, 2.45) is 5.73 Å². The summed E-state index contributed by atoms with van der Waals surface area (Å²) >= 11 is 0. The number of sulfone groups is 1. The maximum Gasteiger partial charge on any atom is 0.326 e. The summed E-state index contributed by atoms with van der Waals surface area (Å²) in [6.45, 7) is 0. The Morgan fingerprint density at radius 3 is 2.56 bits per heavy atom. The monoisotopic (exact) mass is 274 g/mol. The summed E-state index contributed by atoms with van der Waals surface area (Å²) in [5, 5.41) is 10.7. The lowest BCUT2D eigenvalue weighted by Gasteiger charge is -2.10. The molecule has 18 heavy (non-hydrogen) atoms. The Morgan fingerprint density at radius 1 is 1.44 bits per heavy atom. The number of carbonyl (C=O) groups is 1. The number of amides is 2. The number of urea groups is 1. The summed E-state index contributed by atoms with van der Waals surface area (Å²) in [5.74, 6) is -1.55. The van der Waals surface area contributed by atoms with Gasteiger partial charge in [-0.05, 0) is 12.1 Å². The molecule has 0 bridgehead atoms. The van der Waals surface area contributed by atoms with Crippen molar-refractivity contribution in [3.8, 4) is 0 Å². The van der Waals surface area contributed by atoms with E-state index in [1.54, 1.807) is 0 Å². The molecular formula is C9H11FN4O3S. The summed E-state index contributed by atoms with van der Waals surface area (Å²) < 4.78 is 36.3. The van der Waals surface area contributed by atoms with Crippen LogP contribution in [0, 0.1) is 11.2 Å². The number of para-hydroxylation sites is 1. The molecule has 9 heteroatoms. The van der Waals surface area contributed by atoms with E-state index in [0.29, 0.717) is 0 Å². The first-order valence-electron chi connectivity index (χ1n) is 4.62. The highest BCUT2D eigenvalue weighted by molar-refractivity contribution is 7.90. The SMILES string of the molecule is CS(=O)(=O)c1cccc(F)c1NC(=O)NC(=N)N. The molecule has 0 heterocycles. The molecule has 0 saturated carbocycles. The Hall–Kier alpha value is -2.16. The Morgan fingerprint density at radius 2 is 2.06 bits per heavy atom. The summed E-state index contributed by atoms with van der Waals surface area (Å²) in [5.41, 5.74) is 4.42. The van der Waals surface area contributed by atoms with Gasteiger partial charge in [0.1, 0.15) is 5.82 Å². The van der Waals surface area contributed by atoms with E-state index in [1.807, 2.05) is 10.6 Å². The van der Waals surface area contributed by atoms with Crippen LogP contribution < -0.4 is 16.4 Å². The van der Waals surface area contributed by atoms with Crippen molar-refractivity contribution in [2.75, 3.05) is 11.6 Å². The number of guanidine groups is 1. The normalized spacial score (nSPS) is 10.8. The fraction of sp³-hybridized carbons (Fsp3) is 0.111. The Kier molecular flexibility index (Phi) is 3.86. The van der Waals surface area contributed by atoms with Gasteiger partial charge >= 0.3 is 6.03 Å². The Bertz CT molecular complexity index is 600. The number of benzene rings is 1. The lowest BCUT2D eigenvalue weighted by Crippen LogP contribution is -2.39. The highest BCUT2D eigenvalue weighted by atomic mass is 32.2. The second-order valence-electron chi connectivity index (χ2n) is 3.38. The zero-order valence-electron chi connectivity index (χ0n) is 9.32. The van der Waals surface area contributed by atoms with Crippen LogP contribution in [0.2, 0.25) is 0 Å². The lowest BCUT2D eigenvalue weighted by molar-refractivity contribution is 0.256. The standard InChI is InChI=1S/C9H11FN4O3S/c1-18(16,17)6-4-2-3-5(10)7(6)13-9(15)14-8(11)12/h2-4H,1H3,(H5,11,12,13,14,15). The van der Waals surface area contributed by atoms with Gasteiger partial charge in [0.15, 0.2) is 15.8 Å². The minimum absolute atomic E-state index is 0.360. The topological polar surface area (TPSA) is 125 Å². The van der Waals surface area contributed by atoms with E-state index >= 15 is 0 Å². The number of rotatable bonds is 2.